The summed E-state index contributed by atoms with van der Waals surface area (Å²) in [5.41, 5.74) is 2.47. The largest absolute Gasteiger partial charge is 0.352 e. The van der Waals surface area contributed by atoms with Crippen LogP contribution < -0.4 is 16.0 Å². The van der Waals surface area contributed by atoms with Gasteiger partial charge in [0, 0.05) is 11.6 Å². The highest BCUT2D eigenvalue weighted by Gasteiger charge is 2.20. The summed E-state index contributed by atoms with van der Waals surface area (Å²) in [6.07, 6.45) is 1.01. The minimum Gasteiger partial charge on any atom is -0.352 e. The highest BCUT2D eigenvalue weighted by molar-refractivity contribution is 7.10. The number of benzene rings is 1. The second kappa shape index (κ2) is 10.1. The second-order valence-electron chi connectivity index (χ2n) is 6.53. The lowest BCUT2D eigenvalue weighted by molar-refractivity contribution is -0.676. The van der Waals surface area contributed by atoms with E-state index in [1.807, 2.05) is 30.6 Å². The van der Waals surface area contributed by atoms with Crippen molar-refractivity contribution in [2.24, 2.45) is 0 Å². The van der Waals surface area contributed by atoms with E-state index in [2.05, 4.69) is 47.9 Å². The van der Waals surface area contributed by atoms with Gasteiger partial charge in [0.2, 0.25) is 5.91 Å². The number of hydrogen-bond acceptors (Lipinski definition) is 3. The number of carbonyl (C=O) groups excluding carboxylic acids is 2. The van der Waals surface area contributed by atoms with Crippen LogP contribution in [0.4, 0.5) is 0 Å². The first-order valence-corrected chi connectivity index (χ1v) is 9.89. The molecular formula is C20H28N3O2S+. The van der Waals surface area contributed by atoms with Crippen LogP contribution in [0.2, 0.25) is 0 Å². The lowest BCUT2D eigenvalue weighted by Gasteiger charge is -2.15. The molecule has 0 saturated carbocycles. The molecule has 2 amide bonds. The predicted molar refractivity (Wildman–Crippen MR) is 105 cm³/mol. The van der Waals surface area contributed by atoms with E-state index < -0.39 is 0 Å². The summed E-state index contributed by atoms with van der Waals surface area (Å²) in [6.45, 7) is 6.20. The SMILES string of the molecule is CCc1ccc([C@H]([NH2+]CC(=O)NCC(=O)NC(C)C)c2cccs2)cc1. The first-order chi connectivity index (χ1) is 12.5. The first-order valence-electron chi connectivity index (χ1n) is 9.01. The van der Waals surface area contributed by atoms with Crippen LogP contribution in [0, 0.1) is 0 Å². The number of carbonyl (C=O) groups is 2. The van der Waals surface area contributed by atoms with Gasteiger partial charge >= 0.3 is 0 Å². The average Bonchev–Trinajstić information content (AvgIpc) is 3.14. The van der Waals surface area contributed by atoms with Crippen molar-refractivity contribution in [1.82, 2.24) is 10.6 Å². The number of quaternary nitrogens is 1. The molecule has 2 rings (SSSR count). The number of nitrogens with two attached hydrogens (primary N) is 1. The molecule has 1 atom stereocenters. The van der Waals surface area contributed by atoms with Crippen LogP contribution in [-0.2, 0) is 16.0 Å². The standard InChI is InChI=1S/C20H27N3O2S/c1-4-15-7-9-16(10-8-15)20(17-6-5-11-26-17)22-12-18(24)21-13-19(25)23-14(2)3/h5-11,14,20,22H,4,12-13H2,1-3H3,(H,21,24)(H,23,25)/p+1/t20-/m0/s1. The molecule has 0 spiro atoms. The van der Waals surface area contributed by atoms with Crippen LogP contribution in [-0.4, -0.2) is 30.9 Å². The van der Waals surface area contributed by atoms with Gasteiger partial charge in [0.1, 0.15) is 6.04 Å². The maximum Gasteiger partial charge on any atom is 0.275 e. The minimum atomic E-state index is -0.168. The first kappa shape index (κ1) is 20.1. The Kier molecular flexibility index (Phi) is 7.81. The topological polar surface area (TPSA) is 74.8 Å². The van der Waals surface area contributed by atoms with Crippen LogP contribution in [0.5, 0.6) is 0 Å². The van der Waals surface area contributed by atoms with Gasteiger partial charge in [-0.2, -0.15) is 0 Å². The average molecular weight is 375 g/mol. The Balaban J connectivity index is 1.95. The van der Waals surface area contributed by atoms with Gasteiger partial charge in [-0.25, -0.2) is 0 Å². The third-order valence-corrected chi connectivity index (χ3v) is 4.99. The fourth-order valence-electron chi connectivity index (χ4n) is 2.69. The molecule has 0 radical (unpaired) electrons. The highest BCUT2D eigenvalue weighted by Crippen LogP contribution is 2.23. The third kappa shape index (κ3) is 6.28. The molecule has 0 aliphatic rings. The Labute approximate surface area is 159 Å². The molecule has 1 heterocycles. The normalized spacial score (nSPS) is 12.0. The third-order valence-electron chi connectivity index (χ3n) is 4.03. The van der Waals surface area contributed by atoms with E-state index in [-0.39, 0.29) is 37.0 Å². The molecule has 2 aromatic rings. The summed E-state index contributed by atoms with van der Waals surface area (Å²) in [5.74, 6) is -0.311. The lowest BCUT2D eigenvalue weighted by Crippen LogP contribution is -2.87. The van der Waals surface area contributed by atoms with E-state index in [0.29, 0.717) is 0 Å². The molecule has 0 saturated heterocycles. The van der Waals surface area contributed by atoms with E-state index in [0.717, 1.165) is 6.42 Å². The number of nitrogens with one attached hydrogen (secondary N) is 2. The van der Waals surface area contributed by atoms with E-state index in [4.69, 9.17) is 0 Å². The van der Waals surface area contributed by atoms with Crippen molar-refractivity contribution >= 4 is 23.2 Å². The zero-order valence-corrected chi connectivity index (χ0v) is 16.4. The second-order valence-corrected chi connectivity index (χ2v) is 7.51. The van der Waals surface area contributed by atoms with Crippen LogP contribution in [0.1, 0.15) is 42.8 Å². The molecule has 5 nitrogen and oxygen atoms in total. The van der Waals surface area contributed by atoms with Gasteiger partial charge in [-0.15, -0.1) is 11.3 Å². The fraction of sp³-hybridized carbons (Fsp3) is 0.400. The fourth-order valence-corrected chi connectivity index (χ4v) is 3.54. The number of aryl methyl sites for hydroxylation is 1. The quantitative estimate of drug-likeness (QED) is 0.624. The lowest BCUT2D eigenvalue weighted by atomic mass is 10.0. The summed E-state index contributed by atoms with van der Waals surface area (Å²) in [7, 11) is 0. The summed E-state index contributed by atoms with van der Waals surface area (Å²) in [5, 5.41) is 9.50. The predicted octanol–water partition coefficient (Wildman–Crippen LogP) is 1.60. The van der Waals surface area contributed by atoms with Crippen LogP contribution in [0.15, 0.2) is 41.8 Å². The molecule has 140 valence electrons. The van der Waals surface area contributed by atoms with Gasteiger partial charge in [-0.1, -0.05) is 37.3 Å². The van der Waals surface area contributed by atoms with Gasteiger partial charge in [-0.3, -0.25) is 9.59 Å². The van der Waals surface area contributed by atoms with Crippen molar-refractivity contribution in [3.63, 3.8) is 0 Å². The van der Waals surface area contributed by atoms with Gasteiger partial charge in [0.05, 0.1) is 11.4 Å². The Morgan fingerprint density at radius 3 is 2.42 bits per heavy atom. The molecule has 1 aromatic carbocycles. The van der Waals surface area contributed by atoms with E-state index in [1.165, 1.54) is 16.0 Å². The molecule has 0 fully saturated rings. The Bertz CT molecular complexity index is 696. The number of amides is 2. The molecule has 0 unspecified atom stereocenters. The summed E-state index contributed by atoms with van der Waals surface area (Å²) >= 11 is 1.69. The number of hydrogen-bond donors (Lipinski definition) is 3. The van der Waals surface area contributed by atoms with Gasteiger partial charge < -0.3 is 16.0 Å². The maximum absolute atomic E-state index is 12.1. The molecule has 0 aliphatic carbocycles. The summed E-state index contributed by atoms with van der Waals surface area (Å²) in [4.78, 5) is 25.0. The smallest absolute Gasteiger partial charge is 0.275 e. The van der Waals surface area contributed by atoms with Crippen molar-refractivity contribution in [1.29, 1.82) is 0 Å². The summed E-state index contributed by atoms with van der Waals surface area (Å²) < 4.78 is 0. The van der Waals surface area contributed by atoms with Gasteiger partial charge in [0.15, 0.2) is 6.54 Å². The molecule has 6 heteroatoms. The Morgan fingerprint density at radius 1 is 1.12 bits per heavy atom. The molecule has 0 aliphatic heterocycles. The van der Waals surface area contributed by atoms with Gasteiger partial charge in [-0.05, 0) is 37.3 Å². The zero-order chi connectivity index (χ0) is 18.9. The molecule has 4 N–H and O–H groups in total. The minimum absolute atomic E-state index is 0.0136. The molecule has 1 aromatic heterocycles. The Hall–Kier alpha value is -2.18. The number of thiophene rings is 1. The number of rotatable bonds is 9. The van der Waals surface area contributed by atoms with Crippen LogP contribution >= 0.6 is 11.3 Å². The van der Waals surface area contributed by atoms with Crippen LogP contribution in [0.3, 0.4) is 0 Å². The molecular weight excluding hydrogens is 346 g/mol. The van der Waals surface area contributed by atoms with Crippen molar-refractivity contribution in [2.45, 2.75) is 39.3 Å². The van der Waals surface area contributed by atoms with Gasteiger partial charge in [0.25, 0.3) is 5.91 Å². The van der Waals surface area contributed by atoms with Crippen LogP contribution in [0.25, 0.3) is 0 Å². The monoisotopic (exact) mass is 374 g/mol. The Morgan fingerprint density at radius 2 is 1.85 bits per heavy atom. The van der Waals surface area contributed by atoms with E-state index in [9.17, 15) is 9.59 Å². The van der Waals surface area contributed by atoms with E-state index in [1.54, 1.807) is 11.3 Å². The maximum atomic E-state index is 12.1. The molecule has 0 bridgehead atoms. The van der Waals surface area contributed by atoms with Crippen molar-refractivity contribution in [3.05, 3.63) is 57.8 Å². The van der Waals surface area contributed by atoms with Crippen molar-refractivity contribution < 1.29 is 14.9 Å². The van der Waals surface area contributed by atoms with Crippen molar-refractivity contribution in [3.8, 4) is 0 Å². The van der Waals surface area contributed by atoms with E-state index >= 15 is 0 Å². The molecule has 26 heavy (non-hydrogen) atoms. The summed E-state index contributed by atoms with van der Waals surface area (Å²) in [6, 6.07) is 12.8. The van der Waals surface area contributed by atoms with Crippen molar-refractivity contribution in [2.75, 3.05) is 13.1 Å². The zero-order valence-electron chi connectivity index (χ0n) is 15.6. The highest BCUT2D eigenvalue weighted by atomic mass is 32.1.